The number of hydrogen-bond acceptors (Lipinski definition) is 4. The van der Waals surface area contributed by atoms with Gasteiger partial charge in [0.2, 0.25) is 5.91 Å². The highest BCUT2D eigenvalue weighted by molar-refractivity contribution is 8.14. The van der Waals surface area contributed by atoms with E-state index >= 15 is 0 Å². The van der Waals surface area contributed by atoms with Gasteiger partial charge in [-0.25, -0.2) is 0 Å². The van der Waals surface area contributed by atoms with Gasteiger partial charge in [-0.2, -0.15) is 0 Å². The summed E-state index contributed by atoms with van der Waals surface area (Å²) in [6.07, 6.45) is 0. The maximum Gasteiger partial charge on any atom is 0.288 e. The van der Waals surface area contributed by atoms with Crippen molar-refractivity contribution in [3.63, 3.8) is 0 Å². The number of nitrogens with zero attached hydrogens (tertiary/aromatic N) is 1. The van der Waals surface area contributed by atoms with Gasteiger partial charge in [0.15, 0.2) is 0 Å². The van der Waals surface area contributed by atoms with Gasteiger partial charge in [-0.05, 0) is 25.5 Å². The maximum atomic E-state index is 12.0. The normalized spacial score (nSPS) is 14.8. The largest absolute Gasteiger partial charge is 0.350 e. The van der Waals surface area contributed by atoms with Crippen molar-refractivity contribution in [3.8, 4) is 0 Å². The third kappa shape index (κ3) is 3.19. The quantitative estimate of drug-likeness (QED) is 0.917. The number of carbonyl (C=O) groups excluding carboxylic acids is 3. The van der Waals surface area contributed by atoms with Gasteiger partial charge in [-0.1, -0.05) is 29.5 Å². The SMILES string of the molecule is Cc1ccc(C(=O)NCCN2C(=O)CSC2=O)c(C)c1. The summed E-state index contributed by atoms with van der Waals surface area (Å²) in [7, 11) is 0. The Morgan fingerprint density at radius 3 is 2.70 bits per heavy atom. The third-order valence-corrected chi connectivity index (χ3v) is 3.95. The van der Waals surface area contributed by atoms with Crippen LogP contribution >= 0.6 is 11.8 Å². The van der Waals surface area contributed by atoms with Crippen molar-refractivity contribution in [1.29, 1.82) is 0 Å². The molecule has 1 aromatic carbocycles. The van der Waals surface area contributed by atoms with Gasteiger partial charge in [0.05, 0.1) is 5.75 Å². The molecule has 1 N–H and O–H groups in total. The first-order chi connectivity index (χ1) is 9.49. The molecule has 1 aliphatic rings. The van der Waals surface area contributed by atoms with E-state index in [9.17, 15) is 14.4 Å². The van der Waals surface area contributed by atoms with Crippen molar-refractivity contribution in [2.75, 3.05) is 18.8 Å². The molecule has 6 heteroatoms. The number of carbonyl (C=O) groups is 3. The lowest BCUT2D eigenvalue weighted by Gasteiger charge is -2.13. The van der Waals surface area contributed by atoms with Crippen LogP contribution in [0.4, 0.5) is 4.79 Å². The van der Waals surface area contributed by atoms with Gasteiger partial charge in [-0.3, -0.25) is 19.3 Å². The van der Waals surface area contributed by atoms with Crippen LogP contribution in [0.1, 0.15) is 21.5 Å². The minimum atomic E-state index is -0.240. The lowest BCUT2D eigenvalue weighted by atomic mass is 10.1. The van der Waals surface area contributed by atoms with Crippen molar-refractivity contribution in [1.82, 2.24) is 10.2 Å². The summed E-state index contributed by atoms with van der Waals surface area (Å²) < 4.78 is 0. The lowest BCUT2D eigenvalue weighted by molar-refractivity contribution is -0.124. The summed E-state index contributed by atoms with van der Waals surface area (Å²) in [5, 5.41) is 2.49. The molecule has 20 heavy (non-hydrogen) atoms. The van der Waals surface area contributed by atoms with Crippen LogP contribution in [0.25, 0.3) is 0 Å². The van der Waals surface area contributed by atoms with Crippen LogP contribution in [0, 0.1) is 13.8 Å². The standard InChI is InChI=1S/C14H16N2O3S/c1-9-3-4-11(10(2)7-9)13(18)15-5-6-16-12(17)8-20-14(16)19/h3-4,7H,5-6,8H2,1-2H3,(H,15,18). The second-order valence-corrected chi connectivity index (χ2v) is 5.60. The minimum absolute atomic E-state index is 0.186. The van der Waals surface area contributed by atoms with E-state index in [0.717, 1.165) is 22.9 Å². The zero-order chi connectivity index (χ0) is 14.7. The molecule has 2 rings (SSSR count). The predicted octanol–water partition coefficient (Wildman–Crippen LogP) is 1.73. The van der Waals surface area contributed by atoms with Gasteiger partial charge in [0, 0.05) is 18.7 Å². The fraction of sp³-hybridized carbons (Fsp3) is 0.357. The number of nitrogens with one attached hydrogen (secondary N) is 1. The highest BCUT2D eigenvalue weighted by Gasteiger charge is 2.29. The molecule has 0 bridgehead atoms. The number of thioether (sulfide) groups is 1. The van der Waals surface area contributed by atoms with E-state index in [1.165, 1.54) is 4.90 Å². The highest BCUT2D eigenvalue weighted by atomic mass is 32.2. The Labute approximate surface area is 121 Å². The van der Waals surface area contributed by atoms with E-state index in [2.05, 4.69) is 5.32 Å². The summed E-state index contributed by atoms with van der Waals surface area (Å²) in [6.45, 7) is 4.34. The number of rotatable bonds is 4. The second kappa shape index (κ2) is 6.09. The third-order valence-electron chi connectivity index (χ3n) is 3.09. The van der Waals surface area contributed by atoms with Crippen LogP contribution in [0.2, 0.25) is 0 Å². The summed E-state index contributed by atoms with van der Waals surface area (Å²) in [4.78, 5) is 36.0. The first-order valence-corrected chi connectivity index (χ1v) is 7.30. The fourth-order valence-electron chi connectivity index (χ4n) is 2.04. The van der Waals surface area contributed by atoms with Gasteiger partial charge < -0.3 is 5.32 Å². The molecule has 3 amide bonds. The van der Waals surface area contributed by atoms with E-state index in [1.54, 1.807) is 6.07 Å². The van der Waals surface area contributed by atoms with Crippen molar-refractivity contribution in [2.45, 2.75) is 13.8 Å². The Hall–Kier alpha value is -1.82. The Morgan fingerprint density at radius 2 is 2.10 bits per heavy atom. The van der Waals surface area contributed by atoms with Crippen molar-refractivity contribution >= 4 is 28.8 Å². The van der Waals surface area contributed by atoms with E-state index < -0.39 is 0 Å². The molecule has 1 aliphatic heterocycles. The van der Waals surface area contributed by atoms with Crippen molar-refractivity contribution < 1.29 is 14.4 Å². The van der Waals surface area contributed by atoms with Crippen LogP contribution in [-0.4, -0.2) is 40.8 Å². The van der Waals surface area contributed by atoms with E-state index in [1.807, 2.05) is 26.0 Å². The van der Waals surface area contributed by atoms with Crippen LogP contribution in [0.5, 0.6) is 0 Å². The Bertz CT molecular complexity index is 556. The maximum absolute atomic E-state index is 12.0. The number of benzene rings is 1. The van der Waals surface area contributed by atoms with Gasteiger partial charge >= 0.3 is 0 Å². The lowest BCUT2D eigenvalue weighted by Crippen LogP contribution is -2.37. The van der Waals surface area contributed by atoms with Crippen LogP contribution in [-0.2, 0) is 4.79 Å². The average molecular weight is 292 g/mol. The smallest absolute Gasteiger partial charge is 0.288 e. The summed E-state index contributed by atoms with van der Waals surface area (Å²) in [5.74, 6) is -0.181. The Balaban J connectivity index is 1.89. The monoisotopic (exact) mass is 292 g/mol. The van der Waals surface area contributed by atoms with Gasteiger partial charge in [-0.15, -0.1) is 0 Å². The van der Waals surface area contributed by atoms with E-state index in [4.69, 9.17) is 0 Å². The number of amides is 3. The molecule has 0 radical (unpaired) electrons. The summed E-state index contributed by atoms with van der Waals surface area (Å²) in [6, 6.07) is 5.60. The van der Waals surface area contributed by atoms with E-state index in [0.29, 0.717) is 5.56 Å². The number of hydrogen-bond donors (Lipinski definition) is 1. The first kappa shape index (κ1) is 14.6. The molecule has 0 saturated carbocycles. The zero-order valence-electron chi connectivity index (χ0n) is 11.4. The zero-order valence-corrected chi connectivity index (χ0v) is 12.3. The topological polar surface area (TPSA) is 66.5 Å². The van der Waals surface area contributed by atoms with Crippen molar-refractivity contribution in [2.24, 2.45) is 0 Å². The molecule has 1 saturated heterocycles. The molecule has 1 fully saturated rings. The summed E-state index contributed by atoms with van der Waals surface area (Å²) in [5.41, 5.74) is 2.62. The van der Waals surface area contributed by atoms with Crippen LogP contribution in [0.15, 0.2) is 18.2 Å². The summed E-state index contributed by atoms with van der Waals surface area (Å²) >= 11 is 0.997. The molecule has 0 spiro atoms. The Morgan fingerprint density at radius 1 is 1.35 bits per heavy atom. The number of aryl methyl sites for hydroxylation is 2. The molecule has 0 aliphatic carbocycles. The molecular weight excluding hydrogens is 276 g/mol. The molecule has 106 valence electrons. The Kier molecular flexibility index (Phi) is 4.44. The molecular formula is C14H16N2O3S. The van der Waals surface area contributed by atoms with Crippen LogP contribution < -0.4 is 5.32 Å². The molecule has 1 aromatic rings. The number of imide groups is 1. The second-order valence-electron chi connectivity index (χ2n) is 4.67. The van der Waals surface area contributed by atoms with Gasteiger partial charge in [0.25, 0.3) is 11.1 Å². The fourth-order valence-corrected chi connectivity index (χ4v) is 2.79. The predicted molar refractivity (Wildman–Crippen MR) is 77.8 cm³/mol. The molecule has 0 aromatic heterocycles. The first-order valence-electron chi connectivity index (χ1n) is 6.31. The van der Waals surface area contributed by atoms with Crippen LogP contribution in [0.3, 0.4) is 0 Å². The average Bonchev–Trinajstić information content (AvgIpc) is 2.70. The molecule has 0 unspecified atom stereocenters. The highest BCUT2D eigenvalue weighted by Crippen LogP contribution is 2.17. The molecule has 5 nitrogen and oxygen atoms in total. The van der Waals surface area contributed by atoms with Crippen molar-refractivity contribution in [3.05, 3.63) is 34.9 Å². The van der Waals surface area contributed by atoms with Gasteiger partial charge in [0.1, 0.15) is 0 Å². The molecule has 1 heterocycles. The van der Waals surface area contributed by atoms with E-state index in [-0.39, 0.29) is 35.9 Å². The minimum Gasteiger partial charge on any atom is -0.350 e. The molecule has 0 atom stereocenters.